The molecule has 0 saturated carbocycles. The summed E-state index contributed by atoms with van der Waals surface area (Å²) in [4.78, 5) is 29.7. The summed E-state index contributed by atoms with van der Waals surface area (Å²) in [5.41, 5.74) is 3.03. The van der Waals surface area contributed by atoms with Gasteiger partial charge in [0.15, 0.2) is 4.96 Å². The van der Waals surface area contributed by atoms with Crippen LogP contribution in [-0.2, 0) is 16.0 Å². The number of imidazole rings is 1. The van der Waals surface area contributed by atoms with Crippen LogP contribution in [-0.4, -0.2) is 27.9 Å². The first-order valence-electron chi connectivity index (χ1n) is 10.8. The zero-order valence-corrected chi connectivity index (χ0v) is 19.0. The largest absolute Gasteiger partial charge is 0.462 e. The molecule has 2 heterocycles. The molecule has 2 aromatic heterocycles. The van der Waals surface area contributed by atoms with E-state index in [0.29, 0.717) is 35.5 Å². The van der Waals surface area contributed by atoms with Gasteiger partial charge in [0, 0.05) is 34.9 Å². The molecule has 0 bridgehead atoms. The summed E-state index contributed by atoms with van der Waals surface area (Å²) in [5, 5.41) is 4.81. The molecule has 33 heavy (non-hydrogen) atoms. The summed E-state index contributed by atoms with van der Waals surface area (Å²) in [6, 6.07) is 13.2. The number of aromatic nitrogens is 2. The molecule has 6 nitrogen and oxygen atoms in total. The third kappa shape index (κ3) is 5.46. The monoisotopic (exact) mass is 465 g/mol. The maximum Gasteiger partial charge on any atom is 0.338 e. The summed E-state index contributed by atoms with van der Waals surface area (Å²) in [7, 11) is 0. The molecular weight excluding hydrogens is 441 g/mol. The molecule has 1 amide bonds. The minimum atomic E-state index is -0.363. The summed E-state index contributed by atoms with van der Waals surface area (Å²) >= 11 is 1.46. The lowest BCUT2D eigenvalue weighted by atomic mass is 10.1. The van der Waals surface area contributed by atoms with Crippen molar-refractivity contribution in [3.8, 4) is 11.3 Å². The summed E-state index contributed by atoms with van der Waals surface area (Å²) in [6.45, 7) is 2.44. The van der Waals surface area contributed by atoms with Gasteiger partial charge in [-0.1, -0.05) is 25.5 Å². The van der Waals surface area contributed by atoms with E-state index in [1.807, 2.05) is 16.7 Å². The fraction of sp³-hybridized carbons (Fsp3) is 0.240. The van der Waals surface area contributed by atoms with Crippen molar-refractivity contribution >= 4 is 33.9 Å². The summed E-state index contributed by atoms with van der Waals surface area (Å²) in [6.07, 6.45) is 4.39. The lowest BCUT2D eigenvalue weighted by Crippen LogP contribution is -2.13. The molecule has 170 valence electrons. The highest BCUT2D eigenvalue weighted by Crippen LogP contribution is 2.26. The number of unbranched alkanes of at least 4 members (excludes halogenated alkanes) is 1. The van der Waals surface area contributed by atoms with Crippen LogP contribution in [0, 0.1) is 5.82 Å². The average Bonchev–Trinajstić information content (AvgIpc) is 3.40. The molecule has 1 N–H and O–H groups in total. The molecule has 2 aromatic carbocycles. The van der Waals surface area contributed by atoms with Crippen LogP contribution in [0.4, 0.5) is 10.1 Å². The minimum Gasteiger partial charge on any atom is -0.462 e. The highest BCUT2D eigenvalue weighted by atomic mass is 32.1. The van der Waals surface area contributed by atoms with Crippen LogP contribution >= 0.6 is 11.3 Å². The van der Waals surface area contributed by atoms with Crippen LogP contribution in [0.25, 0.3) is 16.2 Å². The van der Waals surface area contributed by atoms with Gasteiger partial charge < -0.3 is 10.1 Å². The fourth-order valence-electron chi connectivity index (χ4n) is 3.36. The molecule has 0 aliphatic carbocycles. The average molecular weight is 466 g/mol. The van der Waals surface area contributed by atoms with Gasteiger partial charge in [-0.05, 0) is 49.2 Å². The Morgan fingerprint density at radius 1 is 1.15 bits per heavy atom. The number of nitrogens with zero attached hydrogens (tertiary/aromatic N) is 2. The maximum absolute atomic E-state index is 14.1. The van der Waals surface area contributed by atoms with E-state index >= 15 is 0 Å². The molecule has 8 heteroatoms. The van der Waals surface area contributed by atoms with E-state index in [-0.39, 0.29) is 24.1 Å². The van der Waals surface area contributed by atoms with E-state index in [1.165, 1.54) is 17.4 Å². The van der Waals surface area contributed by atoms with Crippen molar-refractivity contribution in [1.29, 1.82) is 0 Å². The second kappa shape index (κ2) is 10.4. The number of amides is 1. The molecule has 0 spiro atoms. The standard InChI is InChI=1S/C25H24FN3O3S/c1-2-3-14-32-24(31)17-8-10-18(11-9-17)27-23(30)13-12-19-16-33-25-28-22(15-29(19)25)20-6-4-5-7-21(20)26/h4-11,15-16H,2-3,12-14H2,1H3,(H,27,30). The third-order valence-electron chi connectivity index (χ3n) is 5.18. The van der Waals surface area contributed by atoms with E-state index in [2.05, 4.69) is 10.3 Å². The van der Waals surface area contributed by atoms with Gasteiger partial charge in [-0.3, -0.25) is 9.20 Å². The first-order valence-corrected chi connectivity index (χ1v) is 11.7. The summed E-state index contributed by atoms with van der Waals surface area (Å²) in [5.74, 6) is -0.815. The number of carbonyl (C=O) groups is 2. The molecule has 0 saturated heterocycles. The predicted molar refractivity (Wildman–Crippen MR) is 127 cm³/mol. The van der Waals surface area contributed by atoms with Gasteiger partial charge in [-0.15, -0.1) is 11.3 Å². The number of carbonyl (C=O) groups excluding carboxylic acids is 2. The van der Waals surface area contributed by atoms with Crippen molar-refractivity contribution < 1.29 is 18.7 Å². The van der Waals surface area contributed by atoms with Crippen LogP contribution < -0.4 is 5.32 Å². The van der Waals surface area contributed by atoms with Gasteiger partial charge in [-0.2, -0.15) is 0 Å². The van der Waals surface area contributed by atoms with E-state index in [0.717, 1.165) is 23.5 Å². The molecule has 4 rings (SSSR count). The number of fused-ring (bicyclic) bond motifs is 1. The highest BCUT2D eigenvalue weighted by molar-refractivity contribution is 7.15. The third-order valence-corrected chi connectivity index (χ3v) is 6.07. The topological polar surface area (TPSA) is 72.7 Å². The number of esters is 1. The van der Waals surface area contributed by atoms with E-state index in [4.69, 9.17) is 4.74 Å². The molecule has 0 aliphatic rings. The highest BCUT2D eigenvalue weighted by Gasteiger charge is 2.14. The lowest BCUT2D eigenvalue weighted by molar-refractivity contribution is -0.116. The Bertz CT molecular complexity index is 1260. The van der Waals surface area contributed by atoms with Crippen molar-refractivity contribution in [1.82, 2.24) is 9.38 Å². The van der Waals surface area contributed by atoms with Crippen LogP contribution in [0.1, 0.15) is 42.2 Å². The number of hydrogen-bond donors (Lipinski definition) is 1. The van der Waals surface area contributed by atoms with Gasteiger partial charge in [-0.25, -0.2) is 14.2 Å². The van der Waals surface area contributed by atoms with Gasteiger partial charge in [0.1, 0.15) is 5.82 Å². The molecule has 0 aliphatic heterocycles. The van der Waals surface area contributed by atoms with E-state index < -0.39 is 0 Å². The molecule has 0 unspecified atom stereocenters. The number of benzene rings is 2. The number of anilines is 1. The Hall–Kier alpha value is -3.52. The predicted octanol–water partition coefficient (Wildman–Crippen LogP) is 5.73. The second-order valence-electron chi connectivity index (χ2n) is 7.60. The Balaban J connectivity index is 1.34. The number of nitrogens with one attached hydrogen (secondary N) is 1. The van der Waals surface area contributed by atoms with Crippen LogP contribution in [0.15, 0.2) is 60.1 Å². The zero-order valence-electron chi connectivity index (χ0n) is 18.2. The number of rotatable bonds is 9. The number of aryl methyl sites for hydroxylation is 1. The van der Waals surface area contributed by atoms with Crippen molar-refractivity contribution in [2.75, 3.05) is 11.9 Å². The normalized spacial score (nSPS) is 11.0. The molecule has 0 fully saturated rings. The summed E-state index contributed by atoms with van der Waals surface area (Å²) < 4.78 is 21.2. The number of halogens is 1. The first-order chi connectivity index (χ1) is 16.0. The molecule has 4 aromatic rings. The van der Waals surface area contributed by atoms with Crippen LogP contribution in [0.2, 0.25) is 0 Å². The molecule has 0 atom stereocenters. The van der Waals surface area contributed by atoms with E-state index in [1.54, 1.807) is 48.7 Å². The quantitative estimate of drug-likeness (QED) is 0.253. The number of thiazole rings is 1. The van der Waals surface area contributed by atoms with Crippen molar-refractivity contribution in [3.63, 3.8) is 0 Å². The smallest absolute Gasteiger partial charge is 0.338 e. The first kappa shape index (κ1) is 22.7. The van der Waals surface area contributed by atoms with Gasteiger partial charge in [0.05, 0.1) is 17.9 Å². The molecule has 0 radical (unpaired) electrons. The SMILES string of the molecule is CCCCOC(=O)c1ccc(NC(=O)CCc2csc3nc(-c4ccccc4F)cn23)cc1. The van der Waals surface area contributed by atoms with Crippen molar-refractivity contribution in [2.24, 2.45) is 0 Å². The lowest BCUT2D eigenvalue weighted by Gasteiger charge is -2.07. The Kier molecular flexibility index (Phi) is 7.14. The number of ether oxygens (including phenoxy) is 1. The molecular formula is C25H24FN3O3S. The Labute approximate surface area is 195 Å². The van der Waals surface area contributed by atoms with Crippen molar-refractivity contribution in [2.45, 2.75) is 32.6 Å². The van der Waals surface area contributed by atoms with Crippen LogP contribution in [0.3, 0.4) is 0 Å². The van der Waals surface area contributed by atoms with Gasteiger partial charge in [0.25, 0.3) is 0 Å². The van der Waals surface area contributed by atoms with Crippen LogP contribution in [0.5, 0.6) is 0 Å². The number of hydrogen-bond acceptors (Lipinski definition) is 5. The van der Waals surface area contributed by atoms with Gasteiger partial charge >= 0.3 is 5.97 Å². The maximum atomic E-state index is 14.1. The second-order valence-corrected chi connectivity index (χ2v) is 8.44. The Morgan fingerprint density at radius 2 is 1.94 bits per heavy atom. The fourth-order valence-corrected chi connectivity index (χ4v) is 4.26. The van der Waals surface area contributed by atoms with Crippen molar-refractivity contribution in [3.05, 3.63) is 77.2 Å². The minimum absolute atomic E-state index is 0.137. The van der Waals surface area contributed by atoms with E-state index in [9.17, 15) is 14.0 Å². The zero-order chi connectivity index (χ0) is 23.2. The Morgan fingerprint density at radius 3 is 2.70 bits per heavy atom. The van der Waals surface area contributed by atoms with Gasteiger partial charge in [0.2, 0.25) is 5.91 Å².